The van der Waals surface area contributed by atoms with Crippen molar-refractivity contribution in [3.63, 3.8) is 0 Å². The van der Waals surface area contributed by atoms with Gasteiger partial charge in [0.2, 0.25) is 0 Å². The third kappa shape index (κ3) is 7.64. The van der Waals surface area contributed by atoms with Crippen molar-refractivity contribution in [2.75, 3.05) is 38.8 Å². The summed E-state index contributed by atoms with van der Waals surface area (Å²) < 4.78 is 33.6. The van der Waals surface area contributed by atoms with E-state index in [4.69, 9.17) is 9.47 Å². The molecule has 1 aromatic carbocycles. The fraction of sp³-hybridized carbons (Fsp3) is 0.588. The van der Waals surface area contributed by atoms with Gasteiger partial charge in [0.05, 0.1) is 25.0 Å². The molecule has 142 valence electrons. The van der Waals surface area contributed by atoms with Gasteiger partial charge in [-0.2, -0.15) is 0 Å². The number of sulfone groups is 1. The molecule has 0 saturated heterocycles. The van der Waals surface area contributed by atoms with Gasteiger partial charge in [-0.15, -0.1) is 0 Å². The zero-order chi connectivity index (χ0) is 18.9. The minimum absolute atomic E-state index is 0.0423. The van der Waals surface area contributed by atoms with E-state index in [0.717, 1.165) is 11.3 Å². The maximum Gasteiger partial charge on any atom is 0.191 e. The Morgan fingerprint density at radius 3 is 2.40 bits per heavy atom. The molecule has 0 saturated carbocycles. The van der Waals surface area contributed by atoms with Gasteiger partial charge in [0.15, 0.2) is 17.5 Å². The van der Waals surface area contributed by atoms with Crippen LogP contribution in [0.4, 0.5) is 0 Å². The second kappa shape index (κ2) is 10.1. The van der Waals surface area contributed by atoms with Gasteiger partial charge < -0.3 is 20.1 Å². The number of guanidine groups is 1. The second-order valence-electron chi connectivity index (χ2n) is 5.57. The molecule has 0 heterocycles. The van der Waals surface area contributed by atoms with E-state index in [2.05, 4.69) is 15.6 Å². The van der Waals surface area contributed by atoms with Crippen molar-refractivity contribution < 1.29 is 17.9 Å². The van der Waals surface area contributed by atoms with Gasteiger partial charge >= 0.3 is 0 Å². The average molecular weight is 372 g/mol. The molecule has 1 rings (SSSR count). The quantitative estimate of drug-likeness (QED) is 0.508. The van der Waals surface area contributed by atoms with Gasteiger partial charge in [0, 0.05) is 19.8 Å². The van der Waals surface area contributed by atoms with E-state index in [1.807, 2.05) is 39.0 Å². The normalized spacial score (nSPS) is 13.2. The Hall–Kier alpha value is -1.96. The summed E-state index contributed by atoms with van der Waals surface area (Å²) in [6, 6.07) is 5.76. The van der Waals surface area contributed by atoms with E-state index >= 15 is 0 Å². The van der Waals surface area contributed by atoms with Crippen LogP contribution >= 0.6 is 0 Å². The topological polar surface area (TPSA) is 89.0 Å². The molecular formula is C17H29N3O4S. The standard InChI is InChI=1S/C17H29N3O4S/c1-6-23-15-9-8-14(12-16(15)24-7-2)13(3)20-17(18-4)19-10-11-25(5,21)22/h8-9,12-13H,6-7,10-11H2,1-5H3,(H2,18,19,20). The molecule has 1 atom stereocenters. The summed E-state index contributed by atoms with van der Waals surface area (Å²) in [5.74, 6) is 2.02. The van der Waals surface area contributed by atoms with Crippen molar-refractivity contribution in [1.29, 1.82) is 0 Å². The summed E-state index contributed by atoms with van der Waals surface area (Å²) in [7, 11) is -1.36. The lowest BCUT2D eigenvalue weighted by Gasteiger charge is -2.20. The predicted molar refractivity (Wildman–Crippen MR) is 101 cm³/mol. The zero-order valence-electron chi connectivity index (χ0n) is 15.6. The highest BCUT2D eigenvalue weighted by atomic mass is 32.2. The van der Waals surface area contributed by atoms with Crippen LogP contribution in [0.25, 0.3) is 0 Å². The molecule has 0 aromatic heterocycles. The van der Waals surface area contributed by atoms with Crippen molar-refractivity contribution in [3.05, 3.63) is 23.8 Å². The Morgan fingerprint density at radius 2 is 1.84 bits per heavy atom. The fourth-order valence-electron chi connectivity index (χ4n) is 2.17. The molecule has 0 aliphatic heterocycles. The molecule has 0 spiro atoms. The van der Waals surface area contributed by atoms with Crippen molar-refractivity contribution in [2.45, 2.75) is 26.8 Å². The van der Waals surface area contributed by atoms with Crippen LogP contribution in [0.1, 0.15) is 32.4 Å². The van der Waals surface area contributed by atoms with E-state index in [1.54, 1.807) is 7.05 Å². The zero-order valence-corrected chi connectivity index (χ0v) is 16.4. The van der Waals surface area contributed by atoms with E-state index in [-0.39, 0.29) is 11.8 Å². The molecule has 0 aliphatic rings. The van der Waals surface area contributed by atoms with E-state index < -0.39 is 9.84 Å². The predicted octanol–water partition coefficient (Wildman–Crippen LogP) is 1.75. The number of nitrogens with zero attached hydrogens (tertiary/aromatic N) is 1. The Balaban J connectivity index is 2.77. The van der Waals surface area contributed by atoms with Crippen LogP contribution in [0.2, 0.25) is 0 Å². The van der Waals surface area contributed by atoms with E-state index in [9.17, 15) is 8.42 Å². The van der Waals surface area contributed by atoms with Crippen LogP contribution in [0.3, 0.4) is 0 Å². The molecule has 7 nitrogen and oxygen atoms in total. The number of aliphatic imine (C=N–C) groups is 1. The summed E-state index contributed by atoms with van der Waals surface area (Å²) in [4.78, 5) is 4.12. The molecular weight excluding hydrogens is 342 g/mol. The molecule has 25 heavy (non-hydrogen) atoms. The van der Waals surface area contributed by atoms with Crippen LogP contribution in [0.15, 0.2) is 23.2 Å². The number of nitrogens with one attached hydrogen (secondary N) is 2. The van der Waals surface area contributed by atoms with E-state index in [1.165, 1.54) is 6.26 Å². The first-order valence-corrected chi connectivity index (χ1v) is 10.4. The minimum atomic E-state index is -3.01. The highest BCUT2D eigenvalue weighted by Crippen LogP contribution is 2.30. The number of hydrogen-bond acceptors (Lipinski definition) is 5. The number of hydrogen-bond donors (Lipinski definition) is 2. The first-order chi connectivity index (χ1) is 11.8. The van der Waals surface area contributed by atoms with Crippen molar-refractivity contribution >= 4 is 15.8 Å². The van der Waals surface area contributed by atoms with Crippen molar-refractivity contribution in [1.82, 2.24) is 10.6 Å². The SMILES string of the molecule is CCOc1ccc(C(C)NC(=NC)NCCS(C)(=O)=O)cc1OCC. The van der Waals surface area contributed by atoms with Gasteiger partial charge in [-0.05, 0) is 38.5 Å². The van der Waals surface area contributed by atoms with Gasteiger partial charge in [0.25, 0.3) is 0 Å². The third-order valence-electron chi connectivity index (χ3n) is 3.41. The fourth-order valence-corrected chi connectivity index (χ4v) is 2.65. The number of benzene rings is 1. The minimum Gasteiger partial charge on any atom is -0.490 e. The first kappa shape index (κ1) is 21.1. The second-order valence-corrected chi connectivity index (χ2v) is 7.83. The summed E-state index contributed by atoms with van der Waals surface area (Å²) in [5, 5.41) is 6.24. The van der Waals surface area contributed by atoms with Crippen molar-refractivity contribution in [2.24, 2.45) is 4.99 Å². The summed E-state index contributed by atoms with van der Waals surface area (Å²) in [5.41, 5.74) is 1.01. The molecule has 2 N–H and O–H groups in total. The molecule has 0 amide bonds. The molecule has 0 bridgehead atoms. The largest absolute Gasteiger partial charge is 0.490 e. The average Bonchev–Trinajstić information content (AvgIpc) is 2.54. The van der Waals surface area contributed by atoms with E-state index in [0.29, 0.717) is 31.5 Å². The van der Waals surface area contributed by atoms with Crippen LogP contribution < -0.4 is 20.1 Å². The first-order valence-electron chi connectivity index (χ1n) is 8.35. The number of ether oxygens (including phenoxy) is 2. The molecule has 1 aromatic rings. The molecule has 8 heteroatoms. The van der Waals surface area contributed by atoms with Crippen LogP contribution in [0, 0.1) is 0 Å². The molecule has 0 fully saturated rings. The maximum absolute atomic E-state index is 11.2. The Labute approximate surface area is 150 Å². The van der Waals surface area contributed by atoms with Crippen LogP contribution in [0.5, 0.6) is 11.5 Å². The van der Waals surface area contributed by atoms with Gasteiger partial charge in [-0.1, -0.05) is 6.07 Å². The van der Waals surface area contributed by atoms with Crippen LogP contribution in [-0.4, -0.2) is 53.2 Å². The smallest absolute Gasteiger partial charge is 0.191 e. The number of rotatable bonds is 9. The summed E-state index contributed by atoms with van der Waals surface area (Å²) >= 11 is 0. The molecule has 0 radical (unpaired) electrons. The van der Waals surface area contributed by atoms with Gasteiger partial charge in [-0.3, -0.25) is 4.99 Å². The van der Waals surface area contributed by atoms with Gasteiger partial charge in [-0.25, -0.2) is 8.42 Å². The summed E-state index contributed by atoms with van der Waals surface area (Å²) in [6.07, 6.45) is 1.21. The van der Waals surface area contributed by atoms with Crippen LogP contribution in [-0.2, 0) is 9.84 Å². The highest BCUT2D eigenvalue weighted by molar-refractivity contribution is 7.90. The Bertz CT molecular complexity index is 674. The van der Waals surface area contributed by atoms with Gasteiger partial charge in [0.1, 0.15) is 9.84 Å². The molecule has 1 unspecified atom stereocenters. The third-order valence-corrected chi connectivity index (χ3v) is 4.36. The highest BCUT2D eigenvalue weighted by Gasteiger charge is 2.12. The van der Waals surface area contributed by atoms with Crippen molar-refractivity contribution in [3.8, 4) is 11.5 Å². The summed E-state index contributed by atoms with van der Waals surface area (Å²) in [6.45, 7) is 7.29. The maximum atomic E-state index is 11.2. The monoisotopic (exact) mass is 371 g/mol. The lowest BCUT2D eigenvalue weighted by Crippen LogP contribution is -2.40. The Kier molecular flexibility index (Phi) is 8.54. The molecule has 0 aliphatic carbocycles. The lowest BCUT2D eigenvalue weighted by atomic mass is 10.1. The Morgan fingerprint density at radius 1 is 1.20 bits per heavy atom. The lowest BCUT2D eigenvalue weighted by molar-refractivity contribution is 0.287.